The van der Waals surface area contributed by atoms with Gasteiger partial charge in [-0.1, -0.05) is 6.92 Å². The third-order valence-electron chi connectivity index (χ3n) is 3.72. The van der Waals surface area contributed by atoms with E-state index in [1.807, 2.05) is 12.4 Å². The lowest BCUT2D eigenvalue weighted by Crippen LogP contribution is -2.38. The van der Waals surface area contributed by atoms with E-state index in [1.54, 1.807) is 0 Å². The largest absolute Gasteiger partial charge is 0.379 e. The van der Waals surface area contributed by atoms with Crippen LogP contribution < -0.4 is 0 Å². The predicted octanol–water partition coefficient (Wildman–Crippen LogP) is 1.17. The van der Waals surface area contributed by atoms with Gasteiger partial charge in [-0.25, -0.2) is 4.98 Å². The first-order valence-corrected chi connectivity index (χ1v) is 7.22. The molecule has 0 atom stereocenters. The molecule has 20 heavy (non-hydrogen) atoms. The number of hydrogen-bond donors (Lipinski definition) is 1. The zero-order chi connectivity index (χ0) is 13.8. The van der Waals surface area contributed by atoms with Crippen molar-refractivity contribution in [3.63, 3.8) is 0 Å². The van der Waals surface area contributed by atoms with Crippen LogP contribution in [0.4, 0.5) is 0 Å². The molecule has 1 fully saturated rings. The van der Waals surface area contributed by atoms with Gasteiger partial charge in [0.1, 0.15) is 5.69 Å². The molecule has 108 valence electrons. The minimum absolute atomic E-state index is 0.843. The topological polar surface area (TPSA) is 59.0 Å². The lowest BCUT2D eigenvalue weighted by Gasteiger charge is -2.26. The summed E-state index contributed by atoms with van der Waals surface area (Å²) >= 11 is 0. The average Bonchev–Trinajstić information content (AvgIpc) is 3.14. The highest BCUT2D eigenvalue weighted by Crippen LogP contribution is 2.16. The summed E-state index contributed by atoms with van der Waals surface area (Å²) in [5.74, 6) is 0.939. The van der Waals surface area contributed by atoms with Gasteiger partial charge in [0, 0.05) is 44.3 Å². The van der Waals surface area contributed by atoms with Crippen LogP contribution in [0, 0.1) is 0 Å². The van der Waals surface area contributed by atoms with Crippen LogP contribution in [0.3, 0.4) is 0 Å². The van der Waals surface area contributed by atoms with Crippen molar-refractivity contribution in [1.29, 1.82) is 0 Å². The fourth-order valence-corrected chi connectivity index (χ4v) is 2.45. The maximum Gasteiger partial charge on any atom is 0.160 e. The monoisotopic (exact) mass is 275 g/mol. The van der Waals surface area contributed by atoms with E-state index in [2.05, 4.69) is 37.6 Å². The lowest BCUT2D eigenvalue weighted by atomic mass is 10.3. The van der Waals surface area contributed by atoms with Gasteiger partial charge in [-0.3, -0.25) is 10.00 Å². The average molecular weight is 275 g/mol. The normalized spacial score (nSPS) is 16.6. The Morgan fingerprint density at radius 3 is 2.90 bits per heavy atom. The first-order chi connectivity index (χ1) is 9.86. The molecule has 2 aromatic heterocycles. The maximum absolute atomic E-state index is 5.37. The van der Waals surface area contributed by atoms with E-state index >= 15 is 0 Å². The number of nitrogens with zero attached hydrogens (tertiary/aromatic N) is 4. The van der Waals surface area contributed by atoms with E-state index in [9.17, 15) is 0 Å². The third-order valence-corrected chi connectivity index (χ3v) is 3.72. The summed E-state index contributed by atoms with van der Waals surface area (Å²) in [4.78, 5) is 6.86. The standard InChI is InChI=1S/C14H21N5O/c1-2-12-11-13(17-16-12)14-15-3-4-19(14)6-5-18-7-9-20-10-8-18/h3-4,11H,2,5-10H2,1H3,(H,16,17). The number of morpholine rings is 1. The highest BCUT2D eigenvalue weighted by molar-refractivity contribution is 5.50. The van der Waals surface area contributed by atoms with Gasteiger partial charge in [-0.05, 0) is 12.5 Å². The van der Waals surface area contributed by atoms with E-state index in [1.165, 1.54) is 0 Å². The fourth-order valence-electron chi connectivity index (χ4n) is 2.45. The summed E-state index contributed by atoms with van der Waals surface area (Å²) in [5, 5.41) is 7.39. The Morgan fingerprint density at radius 1 is 1.30 bits per heavy atom. The number of hydrogen-bond acceptors (Lipinski definition) is 4. The Labute approximate surface area is 118 Å². The number of imidazole rings is 1. The second-order valence-electron chi connectivity index (χ2n) is 5.03. The Kier molecular flexibility index (Phi) is 4.13. The van der Waals surface area contributed by atoms with Crippen molar-refractivity contribution in [2.75, 3.05) is 32.8 Å². The zero-order valence-electron chi connectivity index (χ0n) is 11.9. The van der Waals surface area contributed by atoms with Crippen LogP contribution in [-0.4, -0.2) is 57.5 Å². The number of rotatable bonds is 5. The highest BCUT2D eigenvalue weighted by atomic mass is 16.5. The molecule has 6 heteroatoms. The van der Waals surface area contributed by atoms with Gasteiger partial charge in [0.25, 0.3) is 0 Å². The minimum Gasteiger partial charge on any atom is -0.379 e. The van der Waals surface area contributed by atoms with Gasteiger partial charge in [-0.2, -0.15) is 5.10 Å². The van der Waals surface area contributed by atoms with Crippen LogP contribution in [0.2, 0.25) is 0 Å². The molecule has 0 aromatic carbocycles. The summed E-state index contributed by atoms with van der Waals surface area (Å²) in [6.45, 7) is 7.80. The van der Waals surface area contributed by atoms with Crippen molar-refractivity contribution in [2.45, 2.75) is 19.9 Å². The van der Waals surface area contributed by atoms with Gasteiger partial charge < -0.3 is 9.30 Å². The minimum atomic E-state index is 0.843. The molecule has 3 rings (SSSR count). The molecule has 1 N–H and O–H groups in total. The fraction of sp³-hybridized carbons (Fsp3) is 0.571. The number of nitrogens with one attached hydrogen (secondary N) is 1. The summed E-state index contributed by atoms with van der Waals surface area (Å²) in [6, 6.07) is 2.08. The van der Waals surface area contributed by atoms with Crippen LogP contribution in [0.15, 0.2) is 18.5 Å². The number of aromatic nitrogens is 4. The highest BCUT2D eigenvalue weighted by Gasteiger charge is 2.13. The molecule has 0 aliphatic carbocycles. The molecule has 0 amide bonds. The second kappa shape index (κ2) is 6.19. The SMILES string of the molecule is CCc1cc(-c2nccn2CCN2CCOCC2)n[nH]1. The van der Waals surface area contributed by atoms with Gasteiger partial charge >= 0.3 is 0 Å². The first kappa shape index (κ1) is 13.3. The van der Waals surface area contributed by atoms with Crippen molar-refractivity contribution >= 4 is 0 Å². The van der Waals surface area contributed by atoms with Gasteiger partial charge in [0.2, 0.25) is 0 Å². The van der Waals surface area contributed by atoms with Gasteiger partial charge in [0.15, 0.2) is 5.82 Å². The molecule has 1 aliphatic heterocycles. The van der Waals surface area contributed by atoms with Crippen LogP contribution in [-0.2, 0) is 17.7 Å². The third kappa shape index (κ3) is 2.91. The molecule has 2 aromatic rings. The summed E-state index contributed by atoms with van der Waals surface area (Å²) in [5.41, 5.74) is 2.07. The van der Waals surface area contributed by atoms with Crippen LogP contribution in [0.25, 0.3) is 11.5 Å². The molecule has 1 aliphatic rings. The summed E-state index contributed by atoms with van der Waals surface area (Å²) in [7, 11) is 0. The van der Waals surface area contributed by atoms with Crippen molar-refractivity contribution in [2.24, 2.45) is 0 Å². The molecule has 0 radical (unpaired) electrons. The van der Waals surface area contributed by atoms with E-state index < -0.39 is 0 Å². The van der Waals surface area contributed by atoms with Crippen LogP contribution >= 0.6 is 0 Å². The van der Waals surface area contributed by atoms with E-state index in [0.29, 0.717) is 0 Å². The Bertz CT molecular complexity index is 541. The van der Waals surface area contributed by atoms with Crippen molar-refractivity contribution in [3.05, 3.63) is 24.2 Å². The van der Waals surface area contributed by atoms with Crippen LogP contribution in [0.5, 0.6) is 0 Å². The number of H-pyrrole nitrogens is 1. The van der Waals surface area contributed by atoms with E-state index in [-0.39, 0.29) is 0 Å². The smallest absolute Gasteiger partial charge is 0.160 e. The molecule has 0 unspecified atom stereocenters. The quantitative estimate of drug-likeness (QED) is 0.890. The summed E-state index contributed by atoms with van der Waals surface area (Å²) in [6.07, 6.45) is 4.83. The van der Waals surface area contributed by atoms with Gasteiger partial charge in [0.05, 0.1) is 13.2 Å². The van der Waals surface area contributed by atoms with Crippen molar-refractivity contribution in [1.82, 2.24) is 24.6 Å². The van der Waals surface area contributed by atoms with Gasteiger partial charge in [-0.15, -0.1) is 0 Å². The Balaban J connectivity index is 1.66. The molecule has 0 bridgehead atoms. The second-order valence-corrected chi connectivity index (χ2v) is 5.03. The summed E-state index contributed by atoms with van der Waals surface area (Å²) < 4.78 is 7.54. The molecule has 6 nitrogen and oxygen atoms in total. The number of ether oxygens (including phenoxy) is 1. The zero-order valence-corrected chi connectivity index (χ0v) is 11.9. The number of aromatic amines is 1. The molecule has 0 saturated carbocycles. The van der Waals surface area contributed by atoms with Crippen molar-refractivity contribution in [3.8, 4) is 11.5 Å². The molecular formula is C14H21N5O. The molecule has 1 saturated heterocycles. The van der Waals surface area contributed by atoms with E-state index in [0.717, 1.165) is 63.0 Å². The lowest BCUT2D eigenvalue weighted by molar-refractivity contribution is 0.0364. The van der Waals surface area contributed by atoms with E-state index in [4.69, 9.17) is 4.74 Å². The van der Waals surface area contributed by atoms with Crippen LogP contribution in [0.1, 0.15) is 12.6 Å². The van der Waals surface area contributed by atoms with Crippen molar-refractivity contribution < 1.29 is 4.74 Å². The Morgan fingerprint density at radius 2 is 2.15 bits per heavy atom. The molecule has 0 spiro atoms. The Hall–Kier alpha value is -1.66. The molecular weight excluding hydrogens is 254 g/mol. The maximum atomic E-state index is 5.37. The molecule has 3 heterocycles. The number of aryl methyl sites for hydroxylation is 1. The predicted molar refractivity (Wildman–Crippen MR) is 76.4 cm³/mol. The first-order valence-electron chi connectivity index (χ1n) is 7.22.